The predicted molar refractivity (Wildman–Crippen MR) is 81.5 cm³/mol. The molecule has 0 aromatic heterocycles. The highest BCUT2D eigenvalue weighted by molar-refractivity contribution is 6.08. The van der Waals surface area contributed by atoms with Gasteiger partial charge in [0.1, 0.15) is 0 Å². The van der Waals surface area contributed by atoms with Crippen LogP contribution in [0.15, 0.2) is 35.0 Å². The summed E-state index contributed by atoms with van der Waals surface area (Å²) in [5, 5.41) is 0. The minimum absolute atomic E-state index is 0.257. The molecule has 0 N–H and O–H groups in total. The van der Waals surface area contributed by atoms with Crippen LogP contribution in [0.4, 0.5) is 0 Å². The average molecular weight is 271 g/mol. The SMILES string of the molecule is CC(C)c1ccc(/C=C2/N=C(C(C)(C)C)OC2=O)cc1. The molecule has 1 aromatic carbocycles. The molecule has 0 saturated carbocycles. The monoisotopic (exact) mass is 271 g/mol. The highest BCUT2D eigenvalue weighted by atomic mass is 16.6. The summed E-state index contributed by atoms with van der Waals surface area (Å²) in [5.74, 6) is 0.606. The Morgan fingerprint density at radius 2 is 1.75 bits per heavy atom. The average Bonchev–Trinajstić information content (AvgIpc) is 2.71. The summed E-state index contributed by atoms with van der Waals surface area (Å²) in [6, 6.07) is 8.15. The fraction of sp³-hybridized carbons (Fsp3) is 0.412. The van der Waals surface area contributed by atoms with Crippen LogP contribution in [0.25, 0.3) is 6.08 Å². The third-order valence-corrected chi connectivity index (χ3v) is 3.17. The van der Waals surface area contributed by atoms with E-state index in [9.17, 15) is 4.79 Å². The molecular formula is C17H21NO2. The van der Waals surface area contributed by atoms with Crippen LogP contribution < -0.4 is 0 Å². The summed E-state index contributed by atoms with van der Waals surface area (Å²) < 4.78 is 5.22. The first-order chi connectivity index (χ1) is 9.27. The number of hydrogen-bond donors (Lipinski definition) is 0. The molecule has 3 heteroatoms. The van der Waals surface area contributed by atoms with E-state index in [1.165, 1.54) is 5.56 Å². The molecule has 2 rings (SSSR count). The molecule has 0 aliphatic carbocycles. The quantitative estimate of drug-likeness (QED) is 0.598. The summed E-state index contributed by atoms with van der Waals surface area (Å²) >= 11 is 0. The number of cyclic esters (lactones) is 1. The first kappa shape index (κ1) is 14.5. The highest BCUT2D eigenvalue weighted by Gasteiger charge is 2.31. The van der Waals surface area contributed by atoms with Crippen molar-refractivity contribution in [2.45, 2.75) is 40.5 Å². The van der Waals surface area contributed by atoms with Gasteiger partial charge in [0, 0.05) is 5.41 Å². The van der Waals surface area contributed by atoms with Crippen LogP contribution in [-0.4, -0.2) is 11.9 Å². The van der Waals surface area contributed by atoms with Gasteiger partial charge in [-0.05, 0) is 23.1 Å². The Hall–Kier alpha value is -1.90. The standard InChI is InChI=1S/C17H21NO2/c1-11(2)13-8-6-12(7-9-13)10-14-15(19)20-16(18-14)17(3,4)5/h6-11H,1-5H3/b14-10+. The molecular weight excluding hydrogens is 250 g/mol. The maximum atomic E-state index is 11.8. The Bertz CT molecular complexity index is 572. The smallest absolute Gasteiger partial charge is 0.363 e. The molecule has 0 unspecified atom stereocenters. The topological polar surface area (TPSA) is 38.7 Å². The fourth-order valence-corrected chi connectivity index (χ4v) is 1.86. The number of hydrogen-bond acceptors (Lipinski definition) is 3. The van der Waals surface area contributed by atoms with Crippen LogP contribution in [0.1, 0.15) is 51.7 Å². The van der Waals surface area contributed by atoms with Gasteiger partial charge in [-0.2, -0.15) is 0 Å². The molecule has 0 spiro atoms. The van der Waals surface area contributed by atoms with Crippen molar-refractivity contribution in [3.63, 3.8) is 0 Å². The number of rotatable bonds is 2. The molecule has 1 aromatic rings. The fourth-order valence-electron chi connectivity index (χ4n) is 1.86. The zero-order chi connectivity index (χ0) is 14.9. The minimum atomic E-state index is -0.372. The first-order valence-electron chi connectivity index (χ1n) is 6.90. The van der Waals surface area contributed by atoms with Crippen molar-refractivity contribution in [2.75, 3.05) is 0 Å². The van der Waals surface area contributed by atoms with Gasteiger partial charge in [0.2, 0.25) is 5.90 Å². The first-order valence-corrected chi connectivity index (χ1v) is 6.90. The van der Waals surface area contributed by atoms with Crippen molar-refractivity contribution >= 4 is 17.9 Å². The van der Waals surface area contributed by atoms with E-state index in [0.717, 1.165) is 5.56 Å². The van der Waals surface area contributed by atoms with Crippen LogP contribution in [0.2, 0.25) is 0 Å². The summed E-state index contributed by atoms with van der Waals surface area (Å²) in [6.45, 7) is 10.2. The van der Waals surface area contributed by atoms with Gasteiger partial charge in [0.05, 0.1) is 0 Å². The number of carbonyl (C=O) groups excluding carboxylic acids is 1. The maximum Gasteiger partial charge on any atom is 0.363 e. The second kappa shape index (κ2) is 5.23. The van der Waals surface area contributed by atoms with Gasteiger partial charge in [0.25, 0.3) is 0 Å². The molecule has 106 valence electrons. The molecule has 1 aliphatic heterocycles. The third-order valence-electron chi connectivity index (χ3n) is 3.17. The molecule has 0 atom stereocenters. The maximum absolute atomic E-state index is 11.8. The van der Waals surface area contributed by atoms with E-state index < -0.39 is 0 Å². The lowest BCUT2D eigenvalue weighted by molar-refractivity contribution is -0.130. The van der Waals surface area contributed by atoms with E-state index in [-0.39, 0.29) is 11.4 Å². The summed E-state index contributed by atoms with van der Waals surface area (Å²) in [4.78, 5) is 16.1. The summed E-state index contributed by atoms with van der Waals surface area (Å²) in [5.41, 5.74) is 2.35. The molecule has 3 nitrogen and oxygen atoms in total. The molecule has 0 radical (unpaired) electrons. The Labute approximate surface area is 120 Å². The number of ether oxygens (including phenoxy) is 1. The van der Waals surface area contributed by atoms with Gasteiger partial charge in [-0.3, -0.25) is 0 Å². The van der Waals surface area contributed by atoms with Crippen molar-refractivity contribution in [2.24, 2.45) is 10.4 Å². The van der Waals surface area contributed by atoms with E-state index in [1.54, 1.807) is 6.08 Å². The van der Waals surface area contributed by atoms with Crippen molar-refractivity contribution in [1.29, 1.82) is 0 Å². The lowest BCUT2D eigenvalue weighted by Crippen LogP contribution is -2.21. The summed E-state index contributed by atoms with van der Waals surface area (Å²) in [7, 11) is 0. The van der Waals surface area contributed by atoms with Crippen molar-refractivity contribution in [3.8, 4) is 0 Å². The van der Waals surface area contributed by atoms with E-state index in [0.29, 0.717) is 17.5 Å². The molecule has 0 amide bonds. The number of esters is 1. The van der Waals surface area contributed by atoms with Crippen LogP contribution in [0.3, 0.4) is 0 Å². The zero-order valence-electron chi connectivity index (χ0n) is 12.7. The Morgan fingerprint density at radius 1 is 1.15 bits per heavy atom. The second-order valence-corrected chi connectivity index (χ2v) is 6.41. The lowest BCUT2D eigenvalue weighted by Gasteiger charge is -2.15. The van der Waals surface area contributed by atoms with Crippen molar-refractivity contribution < 1.29 is 9.53 Å². The van der Waals surface area contributed by atoms with Gasteiger partial charge < -0.3 is 4.74 Å². The van der Waals surface area contributed by atoms with Crippen molar-refractivity contribution in [3.05, 3.63) is 41.1 Å². The van der Waals surface area contributed by atoms with E-state index in [4.69, 9.17) is 4.74 Å². The van der Waals surface area contributed by atoms with Gasteiger partial charge in [0.15, 0.2) is 5.70 Å². The lowest BCUT2D eigenvalue weighted by atomic mass is 9.97. The second-order valence-electron chi connectivity index (χ2n) is 6.41. The van der Waals surface area contributed by atoms with Gasteiger partial charge in [-0.1, -0.05) is 58.9 Å². The van der Waals surface area contributed by atoms with Crippen LogP contribution in [0.5, 0.6) is 0 Å². The molecule has 0 fully saturated rings. The normalized spacial score (nSPS) is 17.6. The highest BCUT2D eigenvalue weighted by Crippen LogP contribution is 2.26. The molecule has 0 bridgehead atoms. The molecule has 1 heterocycles. The van der Waals surface area contributed by atoms with Crippen LogP contribution in [0, 0.1) is 5.41 Å². The van der Waals surface area contributed by atoms with E-state index >= 15 is 0 Å². The number of nitrogens with zero attached hydrogens (tertiary/aromatic N) is 1. The Kier molecular flexibility index (Phi) is 3.80. The predicted octanol–water partition coefficient (Wildman–Crippen LogP) is 4.15. The number of carbonyl (C=O) groups is 1. The van der Waals surface area contributed by atoms with E-state index in [1.807, 2.05) is 32.9 Å². The van der Waals surface area contributed by atoms with E-state index in [2.05, 4.69) is 31.0 Å². The zero-order valence-corrected chi connectivity index (χ0v) is 12.7. The van der Waals surface area contributed by atoms with Gasteiger partial charge >= 0.3 is 5.97 Å². The largest absolute Gasteiger partial charge is 0.406 e. The third kappa shape index (κ3) is 3.16. The number of benzene rings is 1. The van der Waals surface area contributed by atoms with Gasteiger partial charge in [-0.25, -0.2) is 9.79 Å². The number of aliphatic imine (C=N–C) groups is 1. The minimum Gasteiger partial charge on any atom is -0.406 e. The van der Waals surface area contributed by atoms with Crippen LogP contribution >= 0.6 is 0 Å². The molecule has 20 heavy (non-hydrogen) atoms. The Morgan fingerprint density at radius 3 is 2.20 bits per heavy atom. The van der Waals surface area contributed by atoms with Crippen LogP contribution in [-0.2, 0) is 9.53 Å². The molecule has 0 saturated heterocycles. The van der Waals surface area contributed by atoms with Gasteiger partial charge in [-0.15, -0.1) is 0 Å². The summed E-state index contributed by atoms with van der Waals surface area (Å²) in [6.07, 6.45) is 1.77. The Balaban J connectivity index is 2.27. The van der Waals surface area contributed by atoms with Crippen molar-refractivity contribution in [1.82, 2.24) is 0 Å². The molecule has 1 aliphatic rings.